The molecule has 0 fully saturated rings. The van der Waals surface area contributed by atoms with Crippen molar-refractivity contribution in [2.75, 3.05) is 5.73 Å². The second-order valence-electron chi connectivity index (χ2n) is 1.81. The molecule has 0 bridgehead atoms. The summed E-state index contributed by atoms with van der Waals surface area (Å²) in [6.45, 7) is 0. The van der Waals surface area contributed by atoms with Crippen molar-refractivity contribution in [2.24, 2.45) is 0 Å². The molecule has 0 unspecified atom stereocenters. The first-order chi connectivity index (χ1) is 4.75. The third kappa shape index (κ3) is 0.978. The maximum absolute atomic E-state index is 12.5. The molecule has 0 aromatic heterocycles. The van der Waals surface area contributed by atoms with Crippen molar-refractivity contribution in [2.45, 2.75) is 0 Å². The van der Waals surface area contributed by atoms with Gasteiger partial charge in [-0.1, -0.05) is 6.07 Å². The highest BCUT2D eigenvalue weighted by atomic mass is 19.1. The van der Waals surface area contributed by atoms with Crippen LogP contribution in [0.2, 0.25) is 0 Å². The Labute approximate surface area is 57.5 Å². The van der Waals surface area contributed by atoms with Crippen molar-refractivity contribution in [1.29, 1.82) is 0 Å². The van der Waals surface area contributed by atoms with Crippen LogP contribution in [0.4, 0.5) is 10.1 Å². The molecule has 2 nitrogen and oxygen atoms in total. The zero-order chi connectivity index (χ0) is 7.56. The minimum Gasteiger partial charge on any atom is -0.398 e. The highest BCUT2D eigenvalue weighted by molar-refractivity contribution is 5.83. The lowest BCUT2D eigenvalue weighted by Crippen LogP contribution is -1.95. The highest BCUT2D eigenvalue weighted by Crippen LogP contribution is 2.11. The van der Waals surface area contributed by atoms with E-state index in [4.69, 9.17) is 5.73 Å². The lowest BCUT2D eigenvalue weighted by atomic mass is 10.2. The molecule has 2 N–H and O–H groups in total. The second-order valence-corrected chi connectivity index (χ2v) is 1.81. The van der Waals surface area contributed by atoms with Crippen LogP contribution in [-0.2, 0) is 4.79 Å². The molecular weight excluding hydrogens is 133 g/mol. The second kappa shape index (κ2) is 2.47. The number of nitrogens with two attached hydrogens (primary N) is 1. The number of halogens is 1. The van der Waals surface area contributed by atoms with Crippen LogP contribution < -0.4 is 5.73 Å². The maximum atomic E-state index is 12.5. The summed E-state index contributed by atoms with van der Waals surface area (Å²) in [4.78, 5) is 10.0. The van der Waals surface area contributed by atoms with Gasteiger partial charge in [-0.15, -0.1) is 0 Å². The van der Waals surface area contributed by atoms with Gasteiger partial charge in [-0.3, -0.25) is 4.79 Å². The van der Waals surface area contributed by atoms with Crippen LogP contribution in [0.5, 0.6) is 0 Å². The summed E-state index contributed by atoms with van der Waals surface area (Å²) in [5.41, 5.74) is 5.16. The van der Waals surface area contributed by atoms with Crippen LogP contribution in [0.3, 0.4) is 0 Å². The molecule has 51 valence electrons. The lowest BCUT2D eigenvalue weighted by molar-refractivity contribution is 0.557. The normalized spacial score (nSPS) is 9.30. The summed E-state index contributed by atoms with van der Waals surface area (Å²) in [6.07, 6.45) is 1.41. The Kier molecular flexibility index (Phi) is 1.67. The smallest absolute Gasteiger partial charge is 0.238 e. The number of benzene rings is 1. The van der Waals surface area contributed by atoms with E-state index in [1.807, 2.05) is 0 Å². The Bertz CT molecular complexity index is 240. The van der Waals surface area contributed by atoms with Crippen LogP contribution in [-0.4, -0.2) is 6.29 Å². The summed E-state index contributed by atoms with van der Waals surface area (Å²) in [5.74, 6) is -0.630. The Balaban J connectivity index is 3.30. The molecule has 0 saturated heterocycles. The predicted octanol–water partition coefficient (Wildman–Crippen LogP) is 0.866. The fourth-order valence-corrected chi connectivity index (χ4v) is 0.648. The molecule has 0 aliphatic carbocycles. The molecule has 3 heteroatoms. The van der Waals surface area contributed by atoms with Crippen molar-refractivity contribution < 1.29 is 9.18 Å². The summed E-state index contributed by atoms with van der Waals surface area (Å²) in [5, 5.41) is 0. The van der Waals surface area contributed by atoms with Gasteiger partial charge in [0.25, 0.3) is 0 Å². The van der Waals surface area contributed by atoms with E-state index in [9.17, 15) is 9.18 Å². The van der Waals surface area contributed by atoms with E-state index >= 15 is 0 Å². The third-order valence-corrected chi connectivity index (χ3v) is 1.15. The van der Waals surface area contributed by atoms with Gasteiger partial charge < -0.3 is 5.73 Å². The monoisotopic (exact) mass is 138 g/mol. The lowest BCUT2D eigenvalue weighted by Gasteiger charge is -1.95. The molecule has 0 aliphatic rings. The average Bonchev–Trinajstić information content (AvgIpc) is 1.88. The summed E-state index contributed by atoms with van der Waals surface area (Å²) in [6, 6.07) is 4.05. The van der Waals surface area contributed by atoms with Crippen LogP contribution in [0.25, 0.3) is 0 Å². The first kappa shape index (κ1) is 6.74. The van der Waals surface area contributed by atoms with E-state index in [2.05, 4.69) is 0 Å². The fraction of sp³-hybridized carbons (Fsp3) is 0. The quantitative estimate of drug-likeness (QED) is 0.585. The number of carbonyl (C=O) groups excluding carboxylic acids is 1. The molecule has 0 heterocycles. The van der Waals surface area contributed by atoms with Crippen molar-refractivity contribution in [3.8, 4) is 0 Å². The van der Waals surface area contributed by atoms with Gasteiger partial charge in [0, 0.05) is 5.69 Å². The van der Waals surface area contributed by atoms with Crippen LogP contribution in [0.1, 0.15) is 5.56 Å². The van der Waals surface area contributed by atoms with E-state index < -0.39 is 5.82 Å². The van der Waals surface area contributed by atoms with E-state index in [0.29, 0.717) is 0 Å². The SMILES string of the molecule is Nc1cccc(F)c1[C]=O. The molecule has 0 spiro atoms. The number of hydrogen-bond donors (Lipinski definition) is 1. The van der Waals surface area contributed by atoms with Gasteiger partial charge in [0.05, 0.1) is 5.56 Å². The van der Waals surface area contributed by atoms with Gasteiger partial charge in [-0.25, -0.2) is 4.39 Å². The molecule has 1 radical (unpaired) electrons. The molecule has 0 amide bonds. The Hall–Kier alpha value is -1.38. The zero-order valence-corrected chi connectivity index (χ0v) is 5.10. The van der Waals surface area contributed by atoms with Crippen molar-refractivity contribution in [3.05, 3.63) is 29.6 Å². The van der Waals surface area contributed by atoms with E-state index in [1.54, 1.807) is 0 Å². The van der Waals surface area contributed by atoms with Crippen molar-refractivity contribution >= 4 is 12.0 Å². The highest BCUT2D eigenvalue weighted by Gasteiger charge is 2.03. The Morgan fingerprint density at radius 2 is 2.20 bits per heavy atom. The first-order valence-corrected chi connectivity index (χ1v) is 2.68. The topological polar surface area (TPSA) is 43.1 Å². The van der Waals surface area contributed by atoms with E-state index in [1.165, 1.54) is 18.4 Å². The molecule has 10 heavy (non-hydrogen) atoms. The molecule has 1 aromatic rings. The number of nitrogen functional groups attached to an aromatic ring is 1. The molecule has 0 aliphatic heterocycles. The van der Waals surface area contributed by atoms with Gasteiger partial charge >= 0.3 is 0 Å². The fourth-order valence-electron chi connectivity index (χ4n) is 0.648. The van der Waals surface area contributed by atoms with Crippen LogP contribution in [0, 0.1) is 5.82 Å². The Morgan fingerprint density at radius 1 is 1.50 bits per heavy atom. The van der Waals surface area contributed by atoms with E-state index in [0.717, 1.165) is 6.07 Å². The predicted molar refractivity (Wildman–Crippen MR) is 35.6 cm³/mol. The molecule has 0 atom stereocenters. The molecule has 1 aromatic carbocycles. The number of anilines is 1. The minimum atomic E-state index is -0.630. The number of rotatable bonds is 1. The molecule has 0 saturated carbocycles. The minimum absolute atomic E-state index is 0.120. The van der Waals surface area contributed by atoms with Gasteiger partial charge in [-0.05, 0) is 12.1 Å². The number of hydrogen-bond acceptors (Lipinski definition) is 2. The van der Waals surface area contributed by atoms with Gasteiger partial charge in [0.2, 0.25) is 6.29 Å². The van der Waals surface area contributed by atoms with Gasteiger partial charge in [0.15, 0.2) is 0 Å². The van der Waals surface area contributed by atoms with Crippen LogP contribution in [0.15, 0.2) is 18.2 Å². The van der Waals surface area contributed by atoms with Gasteiger partial charge in [0.1, 0.15) is 5.82 Å². The average molecular weight is 138 g/mol. The summed E-state index contributed by atoms with van der Waals surface area (Å²) < 4.78 is 12.5. The maximum Gasteiger partial charge on any atom is 0.238 e. The summed E-state index contributed by atoms with van der Waals surface area (Å²) >= 11 is 0. The third-order valence-electron chi connectivity index (χ3n) is 1.15. The van der Waals surface area contributed by atoms with Crippen molar-refractivity contribution in [3.63, 3.8) is 0 Å². The first-order valence-electron chi connectivity index (χ1n) is 2.68. The zero-order valence-electron chi connectivity index (χ0n) is 5.10. The summed E-state index contributed by atoms with van der Waals surface area (Å²) in [7, 11) is 0. The van der Waals surface area contributed by atoms with Crippen LogP contribution >= 0.6 is 0 Å². The van der Waals surface area contributed by atoms with Gasteiger partial charge in [-0.2, -0.15) is 0 Å². The largest absolute Gasteiger partial charge is 0.398 e. The molecule has 1 rings (SSSR count). The van der Waals surface area contributed by atoms with Crippen molar-refractivity contribution in [1.82, 2.24) is 0 Å². The standard InChI is InChI=1S/C7H5FNO/c8-6-2-1-3-7(9)5(6)4-10/h1-3H,9H2. The van der Waals surface area contributed by atoms with E-state index in [-0.39, 0.29) is 11.3 Å². The molecular formula is C7H5FNO. The Morgan fingerprint density at radius 3 is 2.60 bits per heavy atom.